The van der Waals surface area contributed by atoms with Gasteiger partial charge in [-0.2, -0.15) is 0 Å². The Morgan fingerprint density at radius 2 is 1.92 bits per heavy atom. The number of hydrogen-bond acceptors (Lipinski definition) is 7. The van der Waals surface area contributed by atoms with Crippen LogP contribution in [0.1, 0.15) is 5.76 Å². The van der Waals surface area contributed by atoms with Crippen molar-refractivity contribution in [2.24, 2.45) is 7.05 Å². The van der Waals surface area contributed by atoms with E-state index in [2.05, 4.69) is 20.3 Å². The maximum absolute atomic E-state index is 5.45. The Kier molecular flexibility index (Phi) is 4.71. The van der Waals surface area contributed by atoms with E-state index in [0.717, 1.165) is 54.4 Å². The van der Waals surface area contributed by atoms with E-state index < -0.39 is 0 Å². The molecule has 1 saturated heterocycles. The smallest absolute Gasteiger partial charge is 0.227 e. The molecule has 1 aliphatic heterocycles. The van der Waals surface area contributed by atoms with Gasteiger partial charge < -0.3 is 14.2 Å². The third kappa shape index (κ3) is 3.54. The van der Waals surface area contributed by atoms with E-state index in [4.69, 9.17) is 9.26 Å². The summed E-state index contributed by atoms with van der Waals surface area (Å²) in [7, 11) is 1.99. The lowest BCUT2D eigenvalue weighted by molar-refractivity contribution is 0.121. The van der Waals surface area contributed by atoms with Crippen LogP contribution < -0.4 is 4.90 Å². The molecule has 0 aliphatic carbocycles. The summed E-state index contributed by atoms with van der Waals surface area (Å²) in [6, 6.07) is 12.0. The first-order valence-electron chi connectivity index (χ1n) is 8.17. The molecule has 1 fully saturated rings. The summed E-state index contributed by atoms with van der Waals surface area (Å²) in [5, 5.41) is 13.6. The summed E-state index contributed by atoms with van der Waals surface area (Å²) < 4.78 is 12.9. The Morgan fingerprint density at radius 1 is 1.12 bits per heavy atom. The van der Waals surface area contributed by atoms with Crippen LogP contribution in [-0.2, 0) is 17.5 Å². The number of hydrogen-bond donors (Lipinski definition) is 0. The maximum atomic E-state index is 5.45. The van der Waals surface area contributed by atoms with Crippen LogP contribution in [-0.4, -0.2) is 46.2 Å². The molecule has 0 radical (unpaired) electrons. The van der Waals surface area contributed by atoms with E-state index in [1.54, 1.807) is 11.8 Å². The van der Waals surface area contributed by atoms with Gasteiger partial charge in [-0.15, -0.1) is 10.2 Å². The van der Waals surface area contributed by atoms with Crippen molar-refractivity contribution in [3.05, 3.63) is 42.2 Å². The number of ether oxygens (including phenoxy) is 1. The fourth-order valence-electron chi connectivity index (χ4n) is 2.73. The first-order chi connectivity index (χ1) is 12.3. The van der Waals surface area contributed by atoms with Gasteiger partial charge in [0.05, 0.1) is 19.0 Å². The predicted molar refractivity (Wildman–Crippen MR) is 95.5 cm³/mol. The molecule has 8 heteroatoms. The van der Waals surface area contributed by atoms with Crippen molar-refractivity contribution in [1.82, 2.24) is 19.9 Å². The molecule has 0 unspecified atom stereocenters. The normalized spacial score (nSPS) is 14.8. The summed E-state index contributed by atoms with van der Waals surface area (Å²) in [6.07, 6.45) is 0. The minimum atomic E-state index is 0.662. The highest BCUT2D eigenvalue weighted by molar-refractivity contribution is 7.98. The predicted octanol–water partition coefficient (Wildman–Crippen LogP) is 2.60. The van der Waals surface area contributed by atoms with Crippen LogP contribution in [0.2, 0.25) is 0 Å². The Hall–Kier alpha value is -2.32. The van der Waals surface area contributed by atoms with Gasteiger partial charge >= 0.3 is 0 Å². The quantitative estimate of drug-likeness (QED) is 0.650. The van der Waals surface area contributed by atoms with Crippen LogP contribution in [0, 0.1) is 0 Å². The van der Waals surface area contributed by atoms with Gasteiger partial charge in [-0.3, -0.25) is 4.57 Å². The molecule has 2 aromatic heterocycles. The van der Waals surface area contributed by atoms with E-state index in [1.807, 2.05) is 48.0 Å². The van der Waals surface area contributed by atoms with Gasteiger partial charge in [-0.25, -0.2) is 0 Å². The van der Waals surface area contributed by atoms with E-state index in [-0.39, 0.29) is 0 Å². The molecule has 7 nitrogen and oxygen atoms in total. The van der Waals surface area contributed by atoms with Crippen molar-refractivity contribution in [1.29, 1.82) is 0 Å². The molecule has 3 aromatic rings. The summed E-state index contributed by atoms with van der Waals surface area (Å²) in [4.78, 5) is 2.20. The highest BCUT2D eigenvalue weighted by atomic mass is 32.2. The Labute approximate surface area is 150 Å². The van der Waals surface area contributed by atoms with Gasteiger partial charge in [0, 0.05) is 31.8 Å². The van der Waals surface area contributed by atoms with Crippen LogP contribution in [0.4, 0.5) is 5.95 Å². The molecule has 0 spiro atoms. The lowest BCUT2D eigenvalue weighted by atomic mass is 10.1. The Morgan fingerprint density at radius 3 is 2.72 bits per heavy atom. The van der Waals surface area contributed by atoms with Crippen molar-refractivity contribution in [2.75, 3.05) is 31.2 Å². The van der Waals surface area contributed by atoms with Crippen molar-refractivity contribution >= 4 is 17.7 Å². The zero-order valence-electron chi connectivity index (χ0n) is 14.0. The fraction of sp³-hybridized carbons (Fsp3) is 0.353. The van der Waals surface area contributed by atoms with Gasteiger partial charge in [0.2, 0.25) is 5.95 Å². The molecule has 1 aromatic carbocycles. The topological polar surface area (TPSA) is 69.2 Å². The number of aromatic nitrogens is 4. The average molecular weight is 357 g/mol. The second-order valence-electron chi connectivity index (χ2n) is 5.77. The molecule has 4 rings (SSSR count). The van der Waals surface area contributed by atoms with E-state index in [0.29, 0.717) is 5.75 Å². The van der Waals surface area contributed by atoms with E-state index in [1.165, 1.54) is 0 Å². The molecule has 0 N–H and O–H groups in total. The van der Waals surface area contributed by atoms with Crippen molar-refractivity contribution in [2.45, 2.75) is 10.9 Å². The first kappa shape index (κ1) is 16.2. The lowest BCUT2D eigenvalue weighted by Gasteiger charge is -2.27. The largest absolute Gasteiger partial charge is 0.378 e. The molecular weight excluding hydrogens is 338 g/mol. The SMILES string of the molecule is Cn1c(SCc2cc(-c3ccccc3)no2)nnc1N1CCOCC1. The molecule has 3 heterocycles. The average Bonchev–Trinajstić information content (AvgIpc) is 3.28. The standard InChI is InChI=1S/C17H19N5O2S/c1-21-16(22-7-9-23-10-8-22)18-19-17(21)25-12-14-11-15(20-24-14)13-5-3-2-4-6-13/h2-6,11H,7-10,12H2,1H3. The molecule has 1 aliphatic rings. The minimum absolute atomic E-state index is 0.662. The molecule has 0 amide bonds. The second-order valence-corrected chi connectivity index (χ2v) is 6.72. The number of nitrogens with zero attached hydrogens (tertiary/aromatic N) is 5. The van der Waals surface area contributed by atoms with Crippen LogP contribution in [0.25, 0.3) is 11.3 Å². The van der Waals surface area contributed by atoms with Crippen molar-refractivity contribution in [3.63, 3.8) is 0 Å². The molecule has 0 bridgehead atoms. The number of anilines is 1. The van der Waals surface area contributed by atoms with Gasteiger partial charge in [0.15, 0.2) is 5.16 Å². The lowest BCUT2D eigenvalue weighted by Crippen LogP contribution is -2.37. The number of morpholine rings is 1. The Bertz CT molecular complexity index is 827. The number of thioether (sulfide) groups is 1. The second kappa shape index (κ2) is 7.28. The third-order valence-electron chi connectivity index (χ3n) is 4.08. The third-order valence-corrected chi connectivity index (χ3v) is 5.12. The summed E-state index contributed by atoms with van der Waals surface area (Å²) in [5.74, 6) is 2.36. The minimum Gasteiger partial charge on any atom is -0.378 e. The van der Waals surface area contributed by atoms with E-state index >= 15 is 0 Å². The summed E-state index contributed by atoms with van der Waals surface area (Å²) in [6.45, 7) is 3.16. The molecule has 25 heavy (non-hydrogen) atoms. The van der Waals surface area contributed by atoms with Crippen LogP contribution >= 0.6 is 11.8 Å². The molecule has 0 atom stereocenters. The fourth-order valence-corrected chi connectivity index (χ4v) is 3.51. The van der Waals surface area contributed by atoms with Gasteiger partial charge in [0.1, 0.15) is 11.5 Å². The zero-order valence-corrected chi connectivity index (χ0v) is 14.8. The summed E-state index contributed by atoms with van der Waals surface area (Å²) in [5.41, 5.74) is 1.90. The van der Waals surface area contributed by atoms with Crippen molar-refractivity contribution in [3.8, 4) is 11.3 Å². The van der Waals surface area contributed by atoms with Gasteiger partial charge in [-0.05, 0) is 0 Å². The summed E-state index contributed by atoms with van der Waals surface area (Å²) >= 11 is 1.59. The zero-order chi connectivity index (χ0) is 17.1. The molecule has 130 valence electrons. The van der Waals surface area contributed by atoms with Crippen LogP contribution in [0.15, 0.2) is 46.1 Å². The van der Waals surface area contributed by atoms with E-state index in [9.17, 15) is 0 Å². The highest BCUT2D eigenvalue weighted by Gasteiger charge is 2.19. The van der Waals surface area contributed by atoms with Crippen molar-refractivity contribution < 1.29 is 9.26 Å². The molecule has 0 saturated carbocycles. The highest BCUT2D eigenvalue weighted by Crippen LogP contribution is 2.26. The monoisotopic (exact) mass is 357 g/mol. The number of rotatable bonds is 5. The van der Waals surface area contributed by atoms with Gasteiger partial charge in [0.25, 0.3) is 0 Å². The van der Waals surface area contributed by atoms with Crippen LogP contribution in [0.5, 0.6) is 0 Å². The Balaban J connectivity index is 1.42. The van der Waals surface area contributed by atoms with Crippen LogP contribution in [0.3, 0.4) is 0 Å². The number of benzene rings is 1. The maximum Gasteiger partial charge on any atom is 0.227 e. The first-order valence-corrected chi connectivity index (χ1v) is 9.16. The van der Waals surface area contributed by atoms with Gasteiger partial charge in [-0.1, -0.05) is 47.3 Å². The molecular formula is C17H19N5O2S.